The summed E-state index contributed by atoms with van der Waals surface area (Å²) in [7, 11) is 0. The van der Waals surface area contributed by atoms with E-state index in [-0.39, 0.29) is 12.5 Å². The van der Waals surface area contributed by atoms with E-state index in [2.05, 4.69) is 17.1 Å². The van der Waals surface area contributed by atoms with Crippen molar-refractivity contribution in [3.63, 3.8) is 0 Å². The fourth-order valence-electron chi connectivity index (χ4n) is 1.86. The summed E-state index contributed by atoms with van der Waals surface area (Å²) in [5.74, 6) is -0.576. The quantitative estimate of drug-likeness (QED) is 0.686. The van der Waals surface area contributed by atoms with Gasteiger partial charge in [0, 0.05) is 6.54 Å². The molecule has 0 aromatic rings. The zero-order valence-corrected chi connectivity index (χ0v) is 9.03. The van der Waals surface area contributed by atoms with Gasteiger partial charge in [0.05, 0.1) is 6.54 Å². The summed E-state index contributed by atoms with van der Waals surface area (Å²) >= 11 is 0. The van der Waals surface area contributed by atoms with Crippen LogP contribution in [0.5, 0.6) is 0 Å². The maximum Gasteiger partial charge on any atom is 0.322 e. The van der Waals surface area contributed by atoms with E-state index >= 15 is 0 Å². The van der Waals surface area contributed by atoms with Crippen LogP contribution in [-0.4, -0.2) is 48.1 Å². The number of aliphatic carboxylic acids is 1. The van der Waals surface area contributed by atoms with Gasteiger partial charge >= 0.3 is 5.97 Å². The highest BCUT2D eigenvalue weighted by Crippen LogP contribution is 2.14. The molecule has 1 saturated heterocycles. The molecule has 1 atom stereocenters. The summed E-state index contributed by atoms with van der Waals surface area (Å²) in [5.41, 5.74) is 0. The van der Waals surface area contributed by atoms with Gasteiger partial charge in [-0.15, -0.1) is 0 Å². The summed E-state index contributed by atoms with van der Waals surface area (Å²) < 4.78 is 0. The number of carboxylic acid groups (broad SMARTS) is 1. The minimum Gasteiger partial charge on any atom is -0.480 e. The third-order valence-electron chi connectivity index (χ3n) is 2.55. The molecule has 0 spiro atoms. The topological polar surface area (TPSA) is 69.6 Å². The second-order valence-corrected chi connectivity index (χ2v) is 4.15. The molecule has 86 valence electrons. The first-order valence-electron chi connectivity index (χ1n) is 5.29. The van der Waals surface area contributed by atoms with Crippen molar-refractivity contribution in [1.29, 1.82) is 0 Å². The van der Waals surface area contributed by atoms with Crippen LogP contribution in [0.3, 0.4) is 0 Å². The summed E-state index contributed by atoms with van der Waals surface area (Å²) in [6.45, 7) is 4.06. The van der Waals surface area contributed by atoms with E-state index in [1.165, 1.54) is 6.42 Å². The van der Waals surface area contributed by atoms with Gasteiger partial charge in [-0.1, -0.05) is 6.92 Å². The van der Waals surface area contributed by atoms with Crippen LogP contribution < -0.4 is 5.32 Å². The van der Waals surface area contributed by atoms with E-state index in [9.17, 15) is 9.59 Å². The van der Waals surface area contributed by atoms with Crippen LogP contribution in [0.4, 0.5) is 0 Å². The van der Waals surface area contributed by atoms with Crippen LogP contribution in [0.15, 0.2) is 0 Å². The highest BCUT2D eigenvalue weighted by atomic mass is 16.4. The predicted octanol–water partition coefficient (Wildman–Crippen LogP) is -0.0809. The van der Waals surface area contributed by atoms with Gasteiger partial charge in [0.1, 0.15) is 6.54 Å². The number of carbonyl (C=O) groups excluding carboxylic acids is 1. The molecular weight excluding hydrogens is 196 g/mol. The van der Waals surface area contributed by atoms with E-state index in [0.29, 0.717) is 12.5 Å². The molecule has 0 aromatic carbocycles. The molecule has 0 aromatic heterocycles. The van der Waals surface area contributed by atoms with Gasteiger partial charge in [-0.3, -0.25) is 14.5 Å². The van der Waals surface area contributed by atoms with Gasteiger partial charge in [0.25, 0.3) is 0 Å². The molecule has 1 amide bonds. The molecule has 0 bridgehead atoms. The van der Waals surface area contributed by atoms with Gasteiger partial charge < -0.3 is 10.4 Å². The monoisotopic (exact) mass is 214 g/mol. The average molecular weight is 214 g/mol. The number of carbonyl (C=O) groups is 2. The van der Waals surface area contributed by atoms with Crippen LogP contribution >= 0.6 is 0 Å². The molecule has 2 N–H and O–H groups in total. The smallest absolute Gasteiger partial charge is 0.322 e. The van der Waals surface area contributed by atoms with Crippen molar-refractivity contribution in [2.24, 2.45) is 5.92 Å². The molecule has 1 aliphatic rings. The standard InChI is InChI=1S/C10H18N2O3/c1-8-3-2-4-12(6-8)7-9(13)11-5-10(14)15/h8H,2-7H2,1H3,(H,11,13)(H,14,15). The zero-order valence-electron chi connectivity index (χ0n) is 9.03. The van der Waals surface area contributed by atoms with E-state index in [4.69, 9.17) is 5.11 Å². The number of amides is 1. The lowest BCUT2D eigenvalue weighted by Crippen LogP contribution is -2.43. The number of hydrogen-bond acceptors (Lipinski definition) is 3. The second-order valence-electron chi connectivity index (χ2n) is 4.15. The predicted molar refractivity (Wildman–Crippen MR) is 55.5 cm³/mol. The van der Waals surface area contributed by atoms with Crippen molar-refractivity contribution in [1.82, 2.24) is 10.2 Å². The minimum absolute atomic E-state index is 0.202. The fourth-order valence-corrected chi connectivity index (χ4v) is 1.86. The molecule has 15 heavy (non-hydrogen) atoms. The van der Waals surface area contributed by atoms with Crippen LogP contribution in [0.25, 0.3) is 0 Å². The molecule has 1 unspecified atom stereocenters. The Labute approximate surface area is 89.4 Å². The molecule has 1 fully saturated rings. The maximum atomic E-state index is 11.3. The SMILES string of the molecule is CC1CCCN(CC(=O)NCC(=O)O)C1. The van der Waals surface area contributed by atoms with Crippen molar-refractivity contribution in [2.45, 2.75) is 19.8 Å². The molecular formula is C10H18N2O3. The average Bonchev–Trinajstić information content (AvgIpc) is 2.15. The zero-order chi connectivity index (χ0) is 11.3. The van der Waals surface area contributed by atoms with Crippen LogP contribution in [0.1, 0.15) is 19.8 Å². The Morgan fingerprint density at radius 3 is 2.87 bits per heavy atom. The minimum atomic E-state index is -1.00. The summed E-state index contributed by atoms with van der Waals surface area (Å²) in [6, 6.07) is 0. The first kappa shape index (κ1) is 12.0. The number of nitrogens with zero attached hydrogens (tertiary/aromatic N) is 1. The Kier molecular flexibility index (Phi) is 4.55. The first-order valence-corrected chi connectivity index (χ1v) is 5.29. The van der Waals surface area contributed by atoms with Gasteiger partial charge in [0.2, 0.25) is 5.91 Å². The molecule has 1 rings (SSSR count). The van der Waals surface area contributed by atoms with Crippen molar-refractivity contribution >= 4 is 11.9 Å². The Bertz CT molecular complexity index is 243. The fraction of sp³-hybridized carbons (Fsp3) is 0.800. The molecule has 1 heterocycles. The van der Waals surface area contributed by atoms with E-state index in [1.807, 2.05) is 0 Å². The maximum absolute atomic E-state index is 11.3. The Morgan fingerprint density at radius 2 is 2.27 bits per heavy atom. The molecule has 0 radical (unpaired) electrons. The Morgan fingerprint density at radius 1 is 1.53 bits per heavy atom. The van der Waals surface area contributed by atoms with Crippen molar-refractivity contribution < 1.29 is 14.7 Å². The highest BCUT2D eigenvalue weighted by molar-refractivity contribution is 5.82. The summed E-state index contributed by atoms with van der Waals surface area (Å²) in [4.78, 5) is 23.6. The normalized spacial score (nSPS) is 22.3. The lowest BCUT2D eigenvalue weighted by atomic mass is 10.0. The van der Waals surface area contributed by atoms with Crippen LogP contribution in [0, 0.1) is 5.92 Å². The molecule has 5 nitrogen and oxygen atoms in total. The van der Waals surface area contributed by atoms with Crippen LogP contribution in [-0.2, 0) is 9.59 Å². The Hall–Kier alpha value is -1.10. The number of rotatable bonds is 4. The van der Waals surface area contributed by atoms with Gasteiger partial charge in [0.15, 0.2) is 0 Å². The lowest BCUT2D eigenvalue weighted by molar-refractivity contribution is -0.138. The molecule has 0 saturated carbocycles. The van der Waals surface area contributed by atoms with Gasteiger partial charge in [-0.25, -0.2) is 0 Å². The van der Waals surface area contributed by atoms with E-state index in [1.54, 1.807) is 0 Å². The number of carboxylic acids is 1. The number of hydrogen-bond donors (Lipinski definition) is 2. The van der Waals surface area contributed by atoms with Crippen molar-refractivity contribution in [2.75, 3.05) is 26.2 Å². The number of piperidine rings is 1. The van der Waals surface area contributed by atoms with Crippen molar-refractivity contribution in [3.05, 3.63) is 0 Å². The summed E-state index contributed by atoms with van der Waals surface area (Å²) in [5, 5.41) is 10.7. The van der Waals surface area contributed by atoms with Crippen LogP contribution in [0.2, 0.25) is 0 Å². The summed E-state index contributed by atoms with van der Waals surface area (Å²) in [6.07, 6.45) is 2.33. The first-order chi connectivity index (χ1) is 7.08. The molecule has 1 aliphatic heterocycles. The largest absolute Gasteiger partial charge is 0.480 e. The number of nitrogens with one attached hydrogen (secondary N) is 1. The second kappa shape index (κ2) is 5.70. The third-order valence-corrected chi connectivity index (χ3v) is 2.55. The lowest BCUT2D eigenvalue weighted by Gasteiger charge is -2.30. The van der Waals surface area contributed by atoms with Gasteiger partial charge in [-0.2, -0.15) is 0 Å². The van der Waals surface area contributed by atoms with Gasteiger partial charge in [-0.05, 0) is 25.3 Å². The molecule has 5 heteroatoms. The van der Waals surface area contributed by atoms with E-state index < -0.39 is 5.97 Å². The van der Waals surface area contributed by atoms with Crippen molar-refractivity contribution in [3.8, 4) is 0 Å². The third kappa shape index (κ3) is 4.78. The highest BCUT2D eigenvalue weighted by Gasteiger charge is 2.18. The number of likely N-dealkylation sites (tertiary alicyclic amines) is 1. The van der Waals surface area contributed by atoms with E-state index in [0.717, 1.165) is 19.5 Å². The molecule has 0 aliphatic carbocycles. The Balaban J connectivity index is 2.22.